The molecule has 0 heterocycles. The molecule has 0 aromatic heterocycles. The Hall–Kier alpha value is -3.24. The second-order valence-corrected chi connectivity index (χ2v) is 5.20. The van der Waals surface area contributed by atoms with Crippen LogP contribution in [0.2, 0.25) is 0 Å². The van der Waals surface area contributed by atoms with E-state index in [1.54, 1.807) is 18.2 Å². The number of nitriles is 2. The maximum Gasteiger partial charge on any atom is 0.161 e. The molecule has 0 saturated carbocycles. The van der Waals surface area contributed by atoms with Crippen molar-refractivity contribution in [1.82, 2.24) is 0 Å². The summed E-state index contributed by atoms with van der Waals surface area (Å²) in [5.74, 6) is 1.22. The highest BCUT2D eigenvalue weighted by atomic mass is 16.5. The van der Waals surface area contributed by atoms with Crippen molar-refractivity contribution in [3.05, 3.63) is 64.7 Å². The van der Waals surface area contributed by atoms with E-state index in [-0.39, 0.29) is 5.57 Å². The summed E-state index contributed by atoms with van der Waals surface area (Å²) < 4.78 is 11.5. The smallest absolute Gasteiger partial charge is 0.161 e. The van der Waals surface area contributed by atoms with Gasteiger partial charge in [-0.25, -0.2) is 0 Å². The van der Waals surface area contributed by atoms with Crippen LogP contribution >= 0.6 is 0 Å². The molecule has 0 aliphatic carbocycles. The molecule has 4 nitrogen and oxygen atoms in total. The summed E-state index contributed by atoms with van der Waals surface area (Å²) in [6, 6.07) is 17.2. The van der Waals surface area contributed by atoms with Gasteiger partial charge < -0.3 is 9.47 Å². The maximum atomic E-state index is 8.85. The average Bonchev–Trinajstić information content (AvgIpc) is 2.60. The number of benzene rings is 2. The third kappa shape index (κ3) is 4.63. The minimum absolute atomic E-state index is 0.0470. The number of rotatable bonds is 6. The number of nitrogens with zero attached hydrogens (tertiary/aromatic N) is 2. The van der Waals surface area contributed by atoms with Crippen LogP contribution < -0.4 is 9.47 Å². The summed E-state index contributed by atoms with van der Waals surface area (Å²) in [6.07, 6.45) is 1.52. The Bertz CT molecular complexity index is 793. The van der Waals surface area contributed by atoms with Gasteiger partial charge >= 0.3 is 0 Å². The molecule has 0 radical (unpaired) electrons. The van der Waals surface area contributed by atoms with E-state index in [9.17, 15) is 0 Å². The lowest BCUT2D eigenvalue weighted by Gasteiger charge is -2.13. The van der Waals surface area contributed by atoms with Crippen molar-refractivity contribution in [3.8, 4) is 23.6 Å². The van der Waals surface area contributed by atoms with Gasteiger partial charge in [-0.3, -0.25) is 0 Å². The molecule has 0 amide bonds. The molecule has 0 spiro atoms. The molecule has 0 aliphatic rings. The number of hydrogen-bond donors (Lipinski definition) is 0. The lowest BCUT2D eigenvalue weighted by Crippen LogP contribution is -2.00. The first kappa shape index (κ1) is 17.1. The van der Waals surface area contributed by atoms with Gasteiger partial charge in [-0.15, -0.1) is 0 Å². The summed E-state index contributed by atoms with van der Waals surface area (Å²) in [4.78, 5) is 0. The second kappa shape index (κ2) is 8.41. The van der Waals surface area contributed by atoms with E-state index in [4.69, 9.17) is 20.0 Å². The third-order valence-corrected chi connectivity index (χ3v) is 3.33. The predicted molar refractivity (Wildman–Crippen MR) is 92.3 cm³/mol. The molecule has 0 unspecified atom stereocenters. The van der Waals surface area contributed by atoms with Crippen LogP contribution in [0.1, 0.15) is 23.6 Å². The largest absolute Gasteiger partial charge is 0.490 e. The van der Waals surface area contributed by atoms with Gasteiger partial charge in [0.2, 0.25) is 0 Å². The molecule has 2 rings (SSSR count). The molecule has 0 atom stereocenters. The molecule has 0 bridgehead atoms. The topological polar surface area (TPSA) is 66.0 Å². The lowest BCUT2D eigenvalue weighted by molar-refractivity contribution is 0.269. The molecule has 2 aromatic carbocycles. The number of hydrogen-bond acceptors (Lipinski definition) is 4. The Morgan fingerprint density at radius 1 is 1.00 bits per heavy atom. The molecule has 24 heavy (non-hydrogen) atoms. The van der Waals surface area contributed by atoms with Gasteiger partial charge in [-0.05, 0) is 43.2 Å². The van der Waals surface area contributed by atoms with Crippen molar-refractivity contribution in [1.29, 1.82) is 10.5 Å². The summed E-state index contributed by atoms with van der Waals surface area (Å²) in [5, 5.41) is 17.7. The van der Waals surface area contributed by atoms with Gasteiger partial charge in [0, 0.05) is 0 Å². The fourth-order valence-corrected chi connectivity index (χ4v) is 2.10. The van der Waals surface area contributed by atoms with Crippen molar-refractivity contribution < 1.29 is 9.47 Å². The van der Waals surface area contributed by atoms with Crippen LogP contribution in [0.5, 0.6) is 11.5 Å². The predicted octanol–water partition coefficient (Wildman–Crippen LogP) is 4.40. The molecule has 0 aliphatic heterocycles. The van der Waals surface area contributed by atoms with Crippen LogP contribution in [0.3, 0.4) is 0 Å². The fourth-order valence-electron chi connectivity index (χ4n) is 2.10. The Labute approximate surface area is 142 Å². The van der Waals surface area contributed by atoms with Gasteiger partial charge in [-0.2, -0.15) is 10.5 Å². The normalized spacial score (nSPS) is 9.50. The molecule has 0 N–H and O–H groups in total. The van der Waals surface area contributed by atoms with Crippen LogP contribution in [0.4, 0.5) is 0 Å². The van der Waals surface area contributed by atoms with Crippen LogP contribution in [0, 0.1) is 29.6 Å². The van der Waals surface area contributed by atoms with Crippen LogP contribution in [-0.2, 0) is 6.61 Å². The number of ether oxygens (including phenoxy) is 2. The maximum absolute atomic E-state index is 8.85. The first-order valence-corrected chi connectivity index (χ1v) is 7.63. The highest BCUT2D eigenvalue weighted by Crippen LogP contribution is 2.30. The molecule has 0 saturated heterocycles. The zero-order valence-corrected chi connectivity index (χ0v) is 13.7. The SMILES string of the molecule is CCOc1cc(C=C(C#N)C#N)ccc1OCc1ccc(C)cc1. The zero-order chi connectivity index (χ0) is 17.4. The van der Waals surface area contributed by atoms with E-state index in [0.717, 1.165) is 11.1 Å². The Morgan fingerprint density at radius 2 is 1.71 bits per heavy atom. The molecule has 0 fully saturated rings. The van der Waals surface area contributed by atoms with E-state index in [1.807, 2.05) is 50.3 Å². The van der Waals surface area contributed by atoms with Crippen molar-refractivity contribution in [3.63, 3.8) is 0 Å². The quantitative estimate of drug-likeness (QED) is 0.740. The van der Waals surface area contributed by atoms with Gasteiger partial charge in [0.05, 0.1) is 6.61 Å². The second-order valence-electron chi connectivity index (χ2n) is 5.20. The lowest BCUT2D eigenvalue weighted by atomic mass is 10.1. The van der Waals surface area contributed by atoms with E-state index in [0.29, 0.717) is 24.7 Å². The number of aryl methyl sites for hydroxylation is 1. The Balaban J connectivity index is 2.20. The Morgan fingerprint density at radius 3 is 2.33 bits per heavy atom. The van der Waals surface area contributed by atoms with E-state index >= 15 is 0 Å². The molecule has 4 heteroatoms. The van der Waals surface area contributed by atoms with Gasteiger partial charge in [-0.1, -0.05) is 35.9 Å². The minimum atomic E-state index is 0.0470. The summed E-state index contributed by atoms with van der Waals surface area (Å²) in [6.45, 7) is 4.87. The van der Waals surface area contributed by atoms with Crippen molar-refractivity contribution in [2.75, 3.05) is 6.61 Å². The Kier molecular flexibility index (Phi) is 6.00. The average molecular weight is 318 g/mol. The molecule has 2 aromatic rings. The standard InChI is InChI=1S/C20H18N2O2/c1-3-23-20-11-17(10-18(12-21)13-22)8-9-19(20)24-14-16-6-4-15(2)5-7-16/h4-11H,3,14H2,1-2H3. The third-order valence-electron chi connectivity index (χ3n) is 3.33. The van der Waals surface area contributed by atoms with Crippen molar-refractivity contribution in [2.45, 2.75) is 20.5 Å². The monoisotopic (exact) mass is 318 g/mol. The number of allylic oxidation sites excluding steroid dienone is 1. The van der Waals surface area contributed by atoms with Gasteiger partial charge in [0.15, 0.2) is 11.5 Å². The minimum Gasteiger partial charge on any atom is -0.490 e. The molecule has 120 valence electrons. The first-order chi connectivity index (χ1) is 11.7. The first-order valence-electron chi connectivity index (χ1n) is 7.63. The van der Waals surface area contributed by atoms with Gasteiger partial charge in [0.1, 0.15) is 24.3 Å². The zero-order valence-electron chi connectivity index (χ0n) is 13.7. The fraction of sp³-hybridized carbons (Fsp3) is 0.200. The van der Waals surface area contributed by atoms with Crippen molar-refractivity contribution in [2.24, 2.45) is 0 Å². The van der Waals surface area contributed by atoms with Crippen LogP contribution in [-0.4, -0.2) is 6.61 Å². The van der Waals surface area contributed by atoms with Crippen molar-refractivity contribution >= 4 is 6.08 Å². The van der Waals surface area contributed by atoms with Crippen LogP contribution in [0.25, 0.3) is 6.08 Å². The summed E-state index contributed by atoms with van der Waals surface area (Å²) >= 11 is 0. The van der Waals surface area contributed by atoms with E-state index < -0.39 is 0 Å². The van der Waals surface area contributed by atoms with Gasteiger partial charge in [0.25, 0.3) is 0 Å². The summed E-state index contributed by atoms with van der Waals surface area (Å²) in [5.41, 5.74) is 3.05. The summed E-state index contributed by atoms with van der Waals surface area (Å²) in [7, 11) is 0. The van der Waals surface area contributed by atoms with Crippen LogP contribution in [0.15, 0.2) is 48.0 Å². The highest BCUT2D eigenvalue weighted by Gasteiger charge is 2.07. The highest BCUT2D eigenvalue weighted by molar-refractivity contribution is 5.64. The molecular formula is C20H18N2O2. The molecular weight excluding hydrogens is 300 g/mol. The van der Waals surface area contributed by atoms with E-state index in [2.05, 4.69) is 0 Å². The van der Waals surface area contributed by atoms with E-state index in [1.165, 1.54) is 11.6 Å².